The molecule has 0 saturated carbocycles. The van der Waals surface area contributed by atoms with Gasteiger partial charge in [0.15, 0.2) is 11.5 Å². The molecule has 1 fully saturated rings. The van der Waals surface area contributed by atoms with Gasteiger partial charge in [-0.25, -0.2) is 8.42 Å². The molecule has 1 aliphatic heterocycles. The Kier molecular flexibility index (Phi) is 8.30. The summed E-state index contributed by atoms with van der Waals surface area (Å²) in [5.41, 5.74) is 0. The lowest BCUT2D eigenvalue weighted by atomic mass is 9.97. The quantitative estimate of drug-likeness (QED) is 0.590. The van der Waals surface area contributed by atoms with Crippen LogP contribution in [0.3, 0.4) is 0 Å². The number of nitrogens with zero attached hydrogens (tertiary/aromatic N) is 1. The highest BCUT2D eigenvalue weighted by molar-refractivity contribution is 7.89. The maximum absolute atomic E-state index is 13.4. The first kappa shape index (κ1) is 23.4. The largest absolute Gasteiger partial charge is 0.493 e. The number of methoxy groups -OCH3 is 2. The molecule has 0 aromatic heterocycles. The van der Waals surface area contributed by atoms with Gasteiger partial charge in [0, 0.05) is 12.6 Å². The highest BCUT2D eigenvalue weighted by atomic mass is 32.2. The van der Waals surface area contributed by atoms with E-state index < -0.39 is 28.2 Å². The van der Waals surface area contributed by atoms with Gasteiger partial charge in [-0.15, -0.1) is 0 Å². The fourth-order valence-corrected chi connectivity index (χ4v) is 5.18. The van der Waals surface area contributed by atoms with Gasteiger partial charge in [0.2, 0.25) is 10.0 Å². The van der Waals surface area contributed by atoms with Crippen molar-refractivity contribution in [3.05, 3.63) is 18.2 Å². The fraction of sp³-hybridized carbons (Fsp3) is 0.650. The van der Waals surface area contributed by atoms with Crippen LogP contribution < -0.4 is 14.8 Å². The van der Waals surface area contributed by atoms with E-state index >= 15 is 0 Å². The molecule has 164 valence electrons. The van der Waals surface area contributed by atoms with E-state index in [4.69, 9.17) is 9.47 Å². The van der Waals surface area contributed by atoms with Crippen molar-refractivity contribution in [1.82, 2.24) is 9.62 Å². The minimum Gasteiger partial charge on any atom is -0.493 e. The third-order valence-corrected chi connectivity index (χ3v) is 7.22. The highest BCUT2D eigenvalue weighted by Crippen LogP contribution is 2.33. The normalized spacial score (nSPS) is 21.5. The summed E-state index contributed by atoms with van der Waals surface area (Å²) >= 11 is 0. The second-order valence-electron chi connectivity index (χ2n) is 7.48. The third kappa shape index (κ3) is 5.61. The molecular weight excluding hydrogens is 396 g/mol. The monoisotopic (exact) mass is 428 g/mol. The van der Waals surface area contributed by atoms with E-state index in [0.29, 0.717) is 36.8 Å². The Morgan fingerprint density at radius 1 is 1.31 bits per heavy atom. The van der Waals surface area contributed by atoms with Crippen LogP contribution in [-0.4, -0.2) is 56.8 Å². The minimum atomic E-state index is -3.84. The second kappa shape index (κ2) is 10.3. The summed E-state index contributed by atoms with van der Waals surface area (Å²) in [6, 6.07) is 3.70. The summed E-state index contributed by atoms with van der Waals surface area (Å²) in [4.78, 5) is 11.8. The van der Waals surface area contributed by atoms with E-state index in [1.54, 1.807) is 6.07 Å². The van der Waals surface area contributed by atoms with Crippen molar-refractivity contribution in [2.75, 3.05) is 20.8 Å². The summed E-state index contributed by atoms with van der Waals surface area (Å²) in [7, 11) is -0.904. The van der Waals surface area contributed by atoms with Crippen LogP contribution in [0.25, 0.3) is 0 Å². The zero-order valence-electron chi connectivity index (χ0n) is 17.6. The van der Waals surface area contributed by atoms with Gasteiger partial charge in [-0.3, -0.25) is 10.1 Å². The fourth-order valence-electron chi connectivity index (χ4n) is 3.59. The molecule has 0 bridgehead atoms. The van der Waals surface area contributed by atoms with Gasteiger partial charge >= 0.3 is 5.97 Å². The predicted octanol–water partition coefficient (Wildman–Crippen LogP) is 2.68. The van der Waals surface area contributed by atoms with E-state index in [1.165, 1.54) is 30.7 Å². The number of ether oxygens (including phenoxy) is 2. The smallest absolute Gasteiger partial charge is 0.320 e. The number of hydrogen-bond acceptors (Lipinski definition) is 6. The van der Waals surface area contributed by atoms with Crippen LogP contribution in [0.4, 0.5) is 0 Å². The van der Waals surface area contributed by atoms with Gasteiger partial charge in [0.1, 0.15) is 6.04 Å². The Morgan fingerprint density at radius 2 is 2.00 bits per heavy atom. The Labute approximate surface area is 173 Å². The van der Waals surface area contributed by atoms with Crippen molar-refractivity contribution in [3.63, 3.8) is 0 Å². The van der Waals surface area contributed by atoms with Crippen molar-refractivity contribution in [2.24, 2.45) is 5.92 Å². The van der Waals surface area contributed by atoms with E-state index in [0.717, 1.165) is 19.3 Å². The average molecular weight is 429 g/mol. The van der Waals surface area contributed by atoms with Crippen molar-refractivity contribution in [1.29, 1.82) is 0 Å². The van der Waals surface area contributed by atoms with Crippen LogP contribution in [0.2, 0.25) is 0 Å². The molecule has 0 aliphatic carbocycles. The minimum absolute atomic E-state index is 0.0944. The molecule has 1 aromatic rings. The van der Waals surface area contributed by atoms with Gasteiger partial charge in [-0.05, 0) is 37.3 Å². The van der Waals surface area contributed by atoms with Crippen LogP contribution in [-0.2, 0) is 14.8 Å². The van der Waals surface area contributed by atoms with E-state index in [2.05, 4.69) is 12.2 Å². The molecule has 1 saturated heterocycles. The lowest BCUT2D eigenvalue weighted by Gasteiger charge is -2.39. The van der Waals surface area contributed by atoms with E-state index in [9.17, 15) is 18.3 Å². The molecule has 2 N–H and O–H groups in total. The van der Waals surface area contributed by atoms with Crippen LogP contribution in [0.15, 0.2) is 23.1 Å². The molecule has 2 unspecified atom stereocenters. The van der Waals surface area contributed by atoms with Gasteiger partial charge in [0.25, 0.3) is 0 Å². The number of unbranched alkanes of at least 4 members (excludes halogenated alkanes) is 1. The first-order valence-corrected chi connectivity index (χ1v) is 11.4. The zero-order valence-corrected chi connectivity index (χ0v) is 18.4. The number of piperidine rings is 1. The molecular formula is C20H32N2O6S. The molecule has 0 amide bonds. The summed E-state index contributed by atoms with van der Waals surface area (Å²) in [5, 5.41) is 12.7. The lowest BCUT2D eigenvalue weighted by molar-refractivity contribution is -0.140. The molecule has 1 heterocycles. The number of rotatable bonds is 10. The maximum Gasteiger partial charge on any atom is 0.320 e. The number of benzene rings is 1. The Morgan fingerprint density at radius 3 is 2.59 bits per heavy atom. The molecule has 0 radical (unpaired) electrons. The highest BCUT2D eigenvalue weighted by Gasteiger charge is 2.38. The number of aliphatic carboxylic acids is 1. The van der Waals surface area contributed by atoms with Crippen LogP contribution in [0.5, 0.6) is 11.5 Å². The number of carbonyl (C=O) groups is 1. The number of hydrogen-bond donors (Lipinski definition) is 2. The third-order valence-electron chi connectivity index (χ3n) is 5.32. The molecule has 1 aliphatic rings. The average Bonchev–Trinajstić information content (AvgIpc) is 2.70. The molecule has 2 rings (SSSR count). The molecule has 3 atom stereocenters. The molecule has 29 heavy (non-hydrogen) atoms. The number of carboxylic acid groups (broad SMARTS) is 1. The van der Waals surface area contributed by atoms with Crippen molar-refractivity contribution >= 4 is 16.0 Å². The van der Waals surface area contributed by atoms with Gasteiger partial charge < -0.3 is 14.6 Å². The van der Waals surface area contributed by atoms with Crippen LogP contribution in [0.1, 0.15) is 46.0 Å². The van der Waals surface area contributed by atoms with Gasteiger partial charge in [-0.2, -0.15) is 4.31 Å². The van der Waals surface area contributed by atoms with Crippen LogP contribution in [0, 0.1) is 5.92 Å². The van der Waals surface area contributed by atoms with Crippen molar-refractivity contribution in [2.45, 2.75) is 63.1 Å². The topological polar surface area (TPSA) is 105 Å². The zero-order chi connectivity index (χ0) is 21.6. The summed E-state index contributed by atoms with van der Waals surface area (Å²) < 4.78 is 38.6. The van der Waals surface area contributed by atoms with Gasteiger partial charge in [-0.1, -0.05) is 26.7 Å². The molecule has 1 aromatic carbocycles. The second-order valence-corrected chi connectivity index (χ2v) is 9.37. The molecule has 8 nitrogen and oxygen atoms in total. The van der Waals surface area contributed by atoms with Crippen LogP contribution >= 0.6 is 0 Å². The Bertz CT molecular complexity index is 798. The molecule has 9 heteroatoms. The van der Waals surface area contributed by atoms with E-state index in [-0.39, 0.29) is 4.90 Å². The lowest BCUT2D eigenvalue weighted by Crippen LogP contribution is -2.57. The van der Waals surface area contributed by atoms with Crippen molar-refractivity contribution < 1.29 is 27.8 Å². The summed E-state index contributed by atoms with van der Waals surface area (Å²) in [6.07, 6.45) is 2.80. The first-order valence-electron chi connectivity index (χ1n) is 9.97. The van der Waals surface area contributed by atoms with Gasteiger partial charge in [0.05, 0.1) is 25.3 Å². The number of nitrogens with one attached hydrogen (secondary N) is 1. The first-order chi connectivity index (χ1) is 13.7. The summed E-state index contributed by atoms with van der Waals surface area (Å²) in [5.74, 6) is 0.110. The van der Waals surface area contributed by atoms with E-state index in [1.807, 2.05) is 6.92 Å². The standard InChI is InChI=1S/C20H32N2O6S/c1-5-6-7-16(20(23)24)21-19-12-14(2)10-11-22(19)29(25,26)15-8-9-17(27-3)18(13-15)28-4/h8-9,13-14,16,19,21H,5-7,10-12H2,1-4H3,(H,23,24)/t14?,16-,19?/m0/s1. The number of sulfonamides is 1. The number of carboxylic acids is 1. The summed E-state index contributed by atoms with van der Waals surface area (Å²) in [6.45, 7) is 4.38. The maximum atomic E-state index is 13.4. The van der Waals surface area contributed by atoms with Crippen molar-refractivity contribution in [3.8, 4) is 11.5 Å². The molecule has 0 spiro atoms. The SMILES string of the molecule is CCCC[C@H](NC1CC(C)CCN1S(=O)(=O)c1ccc(OC)c(OC)c1)C(=O)O. The Balaban J connectivity index is 2.33. The predicted molar refractivity (Wildman–Crippen MR) is 110 cm³/mol. The Hall–Kier alpha value is -1.84.